The highest BCUT2D eigenvalue weighted by Crippen LogP contribution is 2.28. The second-order valence-corrected chi connectivity index (χ2v) is 12.7. The smallest absolute Gasteiger partial charge is 0.261 e. The van der Waals surface area contributed by atoms with E-state index in [1.54, 1.807) is 79.1 Å². The van der Waals surface area contributed by atoms with Crippen molar-refractivity contribution in [2.24, 2.45) is 5.92 Å². The number of nitrogens with zero attached hydrogens (tertiary/aromatic N) is 3. The first-order valence-corrected chi connectivity index (χ1v) is 15.2. The van der Waals surface area contributed by atoms with E-state index in [1.807, 2.05) is 12.3 Å². The molecule has 1 amide bonds. The minimum Gasteiger partial charge on any atom is -0.491 e. The highest BCUT2D eigenvalue weighted by atomic mass is 32.2. The van der Waals surface area contributed by atoms with Gasteiger partial charge in [0, 0.05) is 50.9 Å². The number of aromatic nitrogens is 1. The molecule has 0 radical (unpaired) electrons. The van der Waals surface area contributed by atoms with E-state index >= 15 is 0 Å². The number of aryl methyl sites for hydroxylation is 1. The number of amides is 1. The van der Waals surface area contributed by atoms with Crippen LogP contribution < -0.4 is 9.46 Å². The SMILES string of the molecule is CO[C@@H]1CN(C)C(=O)c2ccc(NS(=O)(=O)c3ccc(C)cc3)cc2OC[C@@H](C)N(Cc2nccs2)C[C@@H]1C. The molecule has 210 valence electrons. The van der Waals surface area contributed by atoms with E-state index in [0.29, 0.717) is 36.7 Å². The van der Waals surface area contributed by atoms with Gasteiger partial charge in [0.05, 0.1) is 28.8 Å². The zero-order chi connectivity index (χ0) is 28.2. The summed E-state index contributed by atoms with van der Waals surface area (Å²) in [7, 11) is -0.411. The lowest BCUT2D eigenvalue weighted by atomic mass is 10.0. The molecule has 0 bridgehead atoms. The normalized spacial score (nSPS) is 21.4. The fourth-order valence-electron chi connectivity index (χ4n) is 4.57. The van der Waals surface area contributed by atoms with Crippen molar-refractivity contribution in [3.63, 3.8) is 0 Å². The van der Waals surface area contributed by atoms with Crippen LogP contribution in [0.1, 0.15) is 34.8 Å². The summed E-state index contributed by atoms with van der Waals surface area (Å²) in [5.41, 5.74) is 1.64. The molecule has 4 rings (SSSR count). The number of ether oxygens (including phenoxy) is 2. The third kappa shape index (κ3) is 7.16. The second-order valence-electron chi connectivity index (χ2n) is 10.1. The molecule has 0 unspecified atom stereocenters. The molecule has 0 spiro atoms. The van der Waals surface area contributed by atoms with Crippen LogP contribution in [0, 0.1) is 12.8 Å². The number of hydrogen-bond donors (Lipinski definition) is 1. The average molecular weight is 573 g/mol. The molecule has 1 N–H and O–H groups in total. The fourth-order valence-corrected chi connectivity index (χ4v) is 6.26. The predicted molar refractivity (Wildman–Crippen MR) is 153 cm³/mol. The molecule has 0 aliphatic carbocycles. The van der Waals surface area contributed by atoms with Crippen molar-refractivity contribution in [2.75, 3.05) is 38.6 Å². The first-order valence-electron chi connectivity index (χ1n) is 12.8. The Labute approximate surface area is 234 Å². The molecule has 2 heterocycles. The Balaban J connectivity index is 1.65. The molecule has 39 heavy (non-hydrogen) atoms. The van der Waals surface area contributed by atoms with Crippen molar-refractivity contribution >= 4 is 33.0 Å². The minimum atomic E-state index is -3.82. The van der Waals surface area contributed by atoms with Crippen LogP contribution in [0.3, 0.4) is 0 Å². The van der Waals surface area contributed by atoms with E-state index in [9.17, 15) is 13.2 Å². The monoisotopic (exact) mass is 572 g/mol. The molecule has 3 aromatic rings. The molecule has 0 saturated carbocycles. The number of rotatable bonds is 6. The number of thiazole rings is 1. The van der Waals surface area contributed by atoms with Crippen LogP contribution in [-0.4, -0.2) is 75.1 Å². The lowest BCUT2D eigenvalue weighted by Gasteiger charge is -2.35. The Bertz CT molecular complexity index is 1360. The van der Waals surface area contributed by atoms with E-state index in [4.69, 9.17) is 9.47 Å². The van der Waals surface area contributed by atoms with Crippen LogP contribution in [0.25, 0.3) is 0 Å². The van der Waals surface area contributed by atoms with Gasteiger partial charge in [0.2, 0.25) is 0 Å². The van der Waals surface area contributed by atoms with Gasteiger partial charge in [-0.05, 0) is 44.0 Å². The Morgan fingerprint density at radius 3 is 2.56 bits per heavy atom. The lowest BCUT2D eigenvalue weighted by molar-refractivity contribution is 0.00921. The van der Waals surface area contributed by atoms with Crippen LogP contribution >= 0.6 is 11.3 Å². The fraction of sp³-hybridized carbons (Fsp3) is 0.429. The maximum Gasteiger partial charge on any atom is 0.261 e. The van der Waals surface area contributed by atoms with Gasteiger partial charge < -0.3 is 14.4 Å². The molecule has 1 aliphatic rings. The van der Waals surface area contributed by atoms with E-state index in [0.717, 1.165) is 17.1 Å². The number of methoxy groups -OCH3 is 1. The van der Waals surface area contributed by atoms with Crippen LogP contribution in [-0.2, 0) is 21.3 Å². The van der Waals surface area contributed by atoms with Crippen molar-refractivity contribution in [3.8, 4) is 5.75 Å². The van der Waals surface area contributed by atoms with Gasteiger partial charge >= 0.3 is 0 Å². The summed E-state index contributed by atoms with van der Waals surface area (Å²) in [4.78, 5) is 22.0. The molecule has 2 aromatic carbocycles. The zero-order valence-electron chi connectivity index (χ0n) is 23.0. The molecule has 1 aliphatic heterocycles. The predicted octanol–water partition coefficient (Wildman–Crippen LogP) is 4.26. The zero-order valence-corrected chi connectivity index (χ0v) is 24.6. The van der Waals surface area contributed by atoms with Gasteiger partial charge in [0.1, 0.15) is 17.4 Å². The van der Waals surface area contributed by atoms with Crippen LogP contribution in [0.4, 0.5) is 5.69 Å². The van der Waals surface area contributed by atoms with Gasteiger partial charge in [0.15, 0.2) is 0 Å². The Morgan fingerprint density at radius 1 is 1.15 bits per heavy atom. The van der Waals surface area contributed by atoms with Crippen molar-refractivity contribution < 1.29 is 22.7 Å². The minimum absolute atomic E-state index is 0.0122. The molecular formula is C28H36N4O5S2. The van der Waals surface area contributed by atoms with Crippen molar-refractivity contribution in [2.45, 2.75) is 44.4 Å². The quantitative estimate of drug-likeness (QED) is 0.471. The highest BCUT2D eigenvalue weighted by molar-refractivity contribution is 7.92. The standard InChI is InChI=1S/C28H36N4O5S2/c1-19-6-9-23(10-7-19)39(34,35)30-22-8-11-24-25(14-22)37-18-21(3)32(17-27-29-12-13-38-27)15-20(2)26(36-5)16-31(4)28(24)33/h6-14,20-21,26,30H,15-18H2,1-5H3/t20-,21+,26+/m0/s1. The van der Waals surface area contributed by atoms with Crippen LogP contribution in [0.15, 0.2) is 58.9 Å². The Kier molecular flexibility index (Phi) is 9.27. The maximum atomic E-state index is 13.5. The van der Waals surface area contributed by atoms with Crippen LogP contribution in [0.5, 0.6) is 5.75 Å². The first-order chi connectivity index (χ1) is 18.6. The third-order valence-corrected chi connectivity index (χ3v) is 9.14. The van der Waals surface area contributed by atoms with E-state index in [1.165, 1.54) is 0 Å². The summed E-state index contributed by atoms with van der Waals surface area (Å²) in [6.07, 6.45) is 1.63. The van der Waals surface area contributed by atoms with Crippen molar-refractivity contribution in [1.29, 1.82) is 0 Å². The number of likely N-dealkylation sites (N-methyl/N-ethyl adjacent to an activating group) is 1. The van der Waals surface area contributed by atoms with E-state index in [2.05, 4.69) is 28.5 Å². The molecule has 9 nitrogen and oxygen atoms in total. The van der Waals surface area contributed by atoms with Gasteiger partial charge in [-0.15, -0.1) is 11.3 Å². The van der Waals surface area contributed by atoms with Crippen molar-refractivity contribution in [3.05, 3.63) is 70.2 Å². The topological polar surface area (TPSA) is 101 Å². The summed E-state index contributed by atoms with van der Waals surface area (Å²) in [5.74, 6) is 0.241. The van der Waals surface area contributed by atoms with E-state index < -0.39 is 10.0 Å². The first kappa shape index (κ1) is 29.0. The number of carbonyl (C=O) groups is 1. The van der Waals surface area contributed by atoms with Gasteiger partial charge in [-0.1, -0.05) is 24.6 Å². The molecule has 1 aromatic heterocycles. The molecule has 11 heteroatoms. The largest absolute Gasteiger partial charge is 0.491 e. The summed E-state index contributed by atoms with van der Waals surface area (Å²) in [5, 5.41) is 2.97. The number of benzene rings is 2. The summed E-state index contributed by atoms with van der Waals surface area (Å²) < 4.78 is 40.7. The summed E-state index contributed by atoms with van der Waals surface area (Å²) >= 11 is 1.61. The van der Waals surface area contributed by atoms with Gasteiger partial charge in [-0.25, -0.2) is 13.4 Å². The number of hydrogen-bond acceptors (Lipinski definition) is 8. The average Bonchev–Trinajstić information content (AvgIpc) is 3.42. The maximum absolute atomic E-state index is 13.5. The number of carbonyl (C=O) groups excluding carboxylic acids is 1. The number of nitrogens with one attached hydrogen (secondary N) is 1. The number of anilines is 1. The molecule has 3 atom stereocenters. The number of sulfonamides is 1. The Hall–Kier alpha value is -2.99. The van der Waals surface area contributed by atoms with Gasteiger partial charge in [-0.3, -0.25) is 14.4 Å². The highest BCUT2D eigenvalue weighted by Gasteiger charge is 2.29. The van der Waals surface area contributed by atoms with Gasteiger partial charge in [-0.2, -0.15) is 0 Å². The molecule has 0 saturated heterocycles. The lowest BCUT2D eigenvalue weighted by Crippen LogP contribution is -2.46. The summed E-state index contributed by atoms with van der Waals surface area (Å²) in [6.45, 7) is 8.19. The summed E-state index contributed by atoms with van der Waals surface area (Å²) in [6, 6.07) is 11.4. The Morgan fingerprint density at radius 2 is 1.90 bits per heavy atom. The molecule has 0 fully saturated rings. The molecular weight excluding hydrogens is 536 g/mol. The van der Waals surface area contributed by atoms with Crippen molar-refractivity contribution in [1.82, 2.24) is 14.8 Å². The van der Waals surface area contributed by atoms with E-state index in [-0.39, 0.29) is 28.9 Å². The van der Waals surface area contributed by atoms with Gasteiger partial charge in [0.25, 0.3) is 15.9 Å². The third-order valence-electron chi connectivity index (χ3n) is 6.98. The second kappa shape index (κ2) is 12.5. The number of fused-ring (bicyclic) bond motifs is 1. The van der Waals surface area contributed by atoms with Crippen LogP contribution in [0.2, 0.25) is 0 Å².